The molecule has 26 heavy (non-hydrogen) atoms. The number of carbonyl (C=O) groups excluding carboxylic acids is 1. The second-order valence-corrected chi connectivity index (χ2v) is 9.00. The summed E-state index contributed by atoms with van der Waals surface area (Å²) in [5, 5.41) is 15.3. The number of thiophene rings is 2. The smallest absolute Gasteiger partial charge is 0.162 e. The van der Waals surface area contributed by atoms with Crippen LogP contribution in [0.25, 0.3) is 0 Å². The SMILES string of the molecule is Cc1ccsc1[C@H]1C2=C(C[C@H](c3cccs3)CC2=O)Nc2n[nH]c(C)c21. The molecule has 3 aromatic rings. The molecule has 0 aromatic carbocycles. The topological polar surface area (TPSA) is 57.8 Å². The Morgan fingerprint density at radius 3 is 2.77 bits per heavy atom. The van der Waals surface area contributed by atoms with Crippen LogP contribution in [-0.2, 0) is 4.79 Å². The Balaban J connectivity index is 1.66. The molecule has 3 aromatic heterocycles. The minimum atomic E-state index is -0.00298. The maximum atomic E-state index is 13.3. The highest BCUT2D eigenvalue weighted by Crippen LogP contribution is 2.50. The Kier molecular flexibility index (Phi) is 3.65. The van der Waals surface area contributed by atoms with Crippen LogP contribution in [-0.4, -0.2) is 16.0 Å². The molecule has 0 fully saturated rings. The normalized spacial score (nSPS) is 22.2. The average molecular weight is 382 g/mol. The molecule has 2 N–H and O–H groups in total. The van der Waals surface area contributed by atoms with Crippen molar-refractivity contribution in [3.05, 3.63) is 66.8 Å². The van der Waals surface area contributed by atoms with E-state index in [0.717, 1.165) is 34.8 Å². The molecule has 2 aliphatic rings. The van der Waals surface area contributed by atoms with Crippen molar-refractivity contribution in [2.45, 2.75) is 38.5 Å². The summed E-state index contributed by atoms with van der Waals surface area (Å²) in [7, 11) is 0. The highest BCUT2D eigenvalue weighted by atomic mass is 32.1. The molecule has 1 aliphatic heterocycles. The van der Waals surface area contributed by atoms with Gasteiger partial charge < -0.3 is 5.32 Å². The number of ketones is 1. The van der Waals surface area contributed by atoms with Crippen molar-refractivity contribution < 1.29 is 4.79 Å². The number of Topliss-reactive ketones (excluding diaryl/α,β-unsaturated/α-hetero) is 1. The van der Waals surface area contributed by atoms with Crippen LogP contribution in [0.15, 0.2) is 40.2 Å². The quantitative estimate of drug-likeness (QED) is 0.649. The van der Waals surface area contributed by atoms with Gasteiger partial charge in [0.1, 0.15) is 0 Å². The molecular weight excluding hydrogens is 362 g/mol. The first-order valence-electron chi connectivity index (χ1n) is 8.79. The van der Waals surface area contributed by atoms with Crippen LogP contribution in [0.5, 0.6) is 0 Å². The summed E-state index contributed by atoms with van der Waals surface area (Å²) in [6.07, 6.45) is 1.46. The standard InChI is InChI=1S/C20H19N3OS2/c1-10-5-7-26-19(10)18-16-11(2)22-23-20(16)21-13-8-12(9-14(24)17(13)18)15-4-3-6-25-15/h3-7,12,18H,8-9H2,1-2H3,(H2,21,22,23)/t12-,18+/m0/s1. The van der Waals surface area contributed by atoms with Crippen LogP contribution in [0.3, 0.4) is 0 Å². The van der Waals surface area contributed by atoms with Crippen molar-refractivity contribution in [1.82, 2.24) is 10.2 Å². The molecule has 0 unspecified atom stereocenters. The number of aryl methyl sites for hydroxylation is 2. The van der Waals surface area contributed by atoms with E-state index in [-0.39, 0.29) is 17.6 Å². The third-order valence-corrected chi connectivity index (χ3v) is 7.58. The van der Waals surface area contributed by atoms with E-state index in [1.165, 1.54) is 15.3 Å². The molecule has 0 radical (unpaired) electrons. The zero-order valence-corrected chi connectivity index (χ0v) is 16.3. The molecule has 4 heterocycles. The summed E-state index contributed by atoms with van der Waals surface area (Å²) in [5.41, 5.74) is 5.40. The predicted molar refractivity (Wildman–Crippen MR) is 106 cm³/mol. The number of rotatable bonds is 2. The Bertz CT molecular complexity index is 1030. The highest BCUT2D eigenvalue weighted by Gasteiger charge is 2.41. The molecule has 5 rings (SSSR count). The molecular formula is C20H19N3OS2. The second-order valence-electron chi connectivity index (χ2n) is 7.07. The van der Waals surface area contributed by atoms with Gasteiger partial charge in [0.25, 0.3) is 0 Å². The lowest BCUT2D eigenvalue weighted by atomic mass is 9.75. The largest absolute Gasteiger partial charge is 0.342 e. The van der Waals surface area contributed by atoms with Gasteiger partial charge in [-0.2, -0.15) is 5.10 Å². The van der Waals surface area contributed by atoms with E-state index in [1.807, 2.05) is 6.92 Å². The Hall–Kier alpha value is -2.18. The van der Waals surface area contributed by atoms with Crippen molar-refractivity contribution in [3.8, 4) is 0 Å². The first-order chi connectivity index (χ1) is 12.6. The van der Waals surface area contributed by atoms with E-state index >= 15 is 0 Å². The fourth-order valence-corrected chi connectivity index (χ4v) is 6.10. The minimum Gasteiger partial charge on any atom is -0.342 e. The first-order valence-corrected chi connectivity index (χ1v) is 10.5. The number of aromatic nitrogens is 2. The number of nitrogens with one attached hydrogen (secondary N) is 2. The summed E-state index contributed by atoms with van der Waals surface area (Å²) in [6, 6.07) is 6.34. The van der Waals surface area contributed by atoms with Gasteiger partial charge in [-0.3, -0.25) is 9.89 Å². The Morgan fingerprint density at radius 1 is 1.15 bits per heavy atom. The maximum Gasteiger partial charge on any atom is 0.162 e. The summed E-state index contributed by atoms with van der Waals surface area (Å²) in [4.78, 5) is 15.8. The number of hydrogen-bond acceptors (Lipinski definition) is 5. The van der Waals surface area contributed by atoms with E-state index in [4.69, 9.17) is 0 Å². The number of fused-ring (bicyclic) bond motifs is 1. The van der Waals surface area contributed by atoms with Crippen LogP contribution < -0.4 is 5.32 Å². The third kappa shape index (κ3) is 2.32. The van der Waals surface area contributed by atoms with Gasteiger partial charge in [-0.25, -0.2) is 0 Å². The van der Waals surface area contributed by atoms with Crippen molar-refractivity contribution in [1.29, 1.82) is 0 Å². The van der Waals surface area contributed by atoms with Gasteiger partial charge in [0.15, 0.2) is 11.6 Å². The van der Waals surface area contributed by atoms with Gasteiger partial charge in [0.05, 0.1) is 5.92 Å². The van der Waals surface area contributed by atoms with Crippen LogP contribution in [0.1, 0.15) is 51.3 Å². The molecule has 0 saturated carbocycles. The summed E-state index contributed by atoms with van der Waals surface area (Å²) in [6.45, 7) is 4.17. The molecule has 0 saturated heterocycles. The Labute approximate surface area is 160 Å². The number of H-pyrrole nitrogens is 1. The first kappa shape index (κ1) is 16.0. The minimum absolute atomic E-state index is 0.00298. The number of carbonyl (C=O) groups is 1. The summed E-state index contributed by atoms with van der Waals surface area (Å²) >= 11 is 3.47. The number of anilines is 1. The van der Waals surface area contributed by atoms with Crippen molar-refractivity contribution in [2.75, 3.05) is 5.32 Å². The van der Waals surface area contributed by atoms with Crippen molar-refractivity contribution in [3.63, 3.8) is 0 Å². The molecule has 4 nitrogen and oxygen atoms in total. The maximum absolute atomic E-state index is 13.3. The van der Waals surface area contributed by atoms with Crippen molar-refractivity contribution in [2.24, 2.45) is 0 Å². The number of aromatic amines is 1. The lowest BCUT2D eigenvalue weighted by Gasteiger charge is -2.34. The van der Waals surface area contributed by atoms with E-state index < -0.39 is 0 Å². The van der Waals surface area contributed by atoms with E-state index in [0.29, 0.717) is 6.42 Å². The average Bonchev–Trinajstić information content (AvgIpc) is 3.35. The van der Waals surface area contributed by atoms with Crippen LogP contribution in [0, 0.1) is 13.8 Å². The Morgan fingerprint density at radius 2 is 2.04 bits per heavy atom. The van der Waals surface area contributed by atoms with Gasteiger partial charge in [0, 0.05) is 44.6 Å². The summed E-state index contributed by atoms with van der Waals surface area (Å²) in [5.74, 6) is 1.40. The van der Waals surface area contributed by atoms with Gasteiger partial charge in [-0.05, 0) is 48.7 Å². The van der Waals surface area contributed by atoms with E-state index in [2.05, 4.69) is 51.4 Å². The monoisotopic (exact) mass is 381 g/mol. The lowest BCUT2D eigenvalue weighted by molar-refractivity contribution is -0.116. The van der Waals surface area contributed by atoms with Gasteiger partial charge in [0.2, 0.25) is 0 Å². The fraction of sp³-hybridized carbons (Fsp3) is 0.300. The fourth-order valence-electron chi connectivity index (χ4n) is 4.22. The molecule has 132 valence electrons. The summed E-state index contributed by atoms with van der Waals surface area (Å²) < 4.78 is 0. The van der Waals surface area contributed by atoms with Gasteiger partial charge in [-0.15, -0.1) is 22.7 Å². The van der Waals surface area contributed by atoms with E-state index in [1.54, 1.807) is 22.7 Å². The zero-order chi connectivity index (χ0) is 17.8. The van der Waals surface area contributed by atoms with E-state index in [9.17, 15) is 4.79 Å². The second kappa shape index (κ2) is 5.93. The molecule has 0 bridgehead atoms. The molecule has 6 heteroatoms. The highest BCUT2D eigenvalue weighted by molar-refractivity contribution is 7.10. The predicted octanol–water partition coefficient (Wildman–Crippen LogP) is 5.11. The third-order valence-electron chi connectivity index (χ3n) is 5.46. The zero-order valence-electron chi connectivity index (χ0n) is 14.6. The lowest BCUT2D eigenvalue weighted by Crippen LogP contribution is -2.29. The van der Waals surface area contributed by atoms with Gasteiger partial charge in [-0.1, -0.05) is 6.07 Å². The van der Waals surface area contributed by atoms with Gasteiger partial charge >= 0.3 is 0 Å². The number of allylic oxidation sites excluding steroid dienone is 2. The van der Waals surface area contributed by atoms with Crippen LogP contribution in [0.4, 0.5) is 5.82 Å². The number of hydrogen-bond donors (Lipinski definition) is 2. The number of nitrogens with zero attached hydrogens (tertiary/aromatic N) is 1. The molecule has 1 aliphatic carbocycles. The van der Waals surface area contributed by atoms with Crippen LogP contribution >= 0.6 is 22.7 Å². The molecule has 0 spiro atoms. The van der Waals surface area contributed by atoms with Crippen LogP contribution in [0.2, 0.25) is 0 Å². The molecule has 0 amide bonds. The van der Waals surface area contributed by atoms with Crippen molar-refractivity contribution >= 4 is 34.3 Å². The molecule has 2 atom stereocenters.